The van der Waals surface area contributed by atoms with Crippen molar-refractivity contribution in [3.8, 4) is 11.5 Å². The summed E-state index contributed by atoms with van der Waals surface area (Å²) in [6, 6.07) is 11.5. The molecular weight excluding hydrogens is 326 g/mol. The molecule has 6 heteroatoms. The molecule has 3 rings (SSSR count). The zero-order valence-electron chi connectivity index (χ0n) is 13.5. The summed E-state index contributed by atoms with van der Waals surface area (Å²) in [5.41, 5.74) is 8.86. The van der Waals surface area contributed by atoms with Crippen molar-refractivity contribution in [3.05, 3.63) is 52.5 Å². The maximum atomic E-state index is 6.03. The molecular formula is C18H20ClN3O2. The maximum Gasteiger partial charge on any atom is 0.193 e. The molecule has 5 nitrogen and oxygen atoms in total. The van der Waals surface area contributed by atoms with E-state index in [2.05, 4.69) is 10.3 Å². The molecule has 1 heterocycles. The number of hydrogen-bond donors (Lipinski definition) is 2. The Hall–Kier alpha value is -2.40. The predicted molar refractivity (Wildman–Crippen MR) is 97.2 cm³/mol. The summed E-state index contributed by atoms with van der Waals surface area (Å²) >= 11 is 6.03. The molecule has 1 aliphatic rings. The van der Waals surface area contributed by atoms with E-state index in [1.54, 1.807) is 0 Å². The molecule has 0 atom stereocenters. The highest BCUT2D eigenvalue weighted by Gasteiger charge is 2.10. The minimum atomic E-state index is 0.345. The third kappa shape index (κ3) is 4.11. The lowest BCUT2D eigenvalue weighted by Gasteiger charge is -2.11. The fourth-order valence-electron chi connectivity index (χ4n) is 2.41. The molecule has 2 aromatic rings. The van der Waals surface area contributed by atoms with Crippen LogP contribution in [0.3, 0.4) is 0 Å². The Balaban J connectivity index is 1.66. The largest absolute Gasteiger partial charge is 0.490 e. The van der Waals surface area contributed by atoms with Gasteiger partial charge in [0.2, 0.25) is 0 Å². The Morgan fingerprint density at radius 3 is 2.75 bits per heavy atom. The maximum absolute atomic E-state index is 6.03. The first-order valence-corrected chi connectivity index (χ1v) is 8.21. The number of aryl methyl sites for hydroxylation is 1. The van der Waals surface area contributed by atoms with Gasteiger partial charge in [-0.25, -0.2) is 4.99 Å². The molecule has 0 aromatic heterocycles. The molecule has 0 saturated heterocycles. The van der Waals surface area contributed by atoms with Crippen molar-refractivity contribution in [2.24, 2.45) is 10.7 Å². The Morgan fingerprint density at radius 2 is 1.96 bits per heavy atom. The predicted octanol–water partition coefficient (Wildman–Crippen LogP) is 3.74. The molecule has 3 N–H and O–H groups in total. The number of fused-ring (bicyclic) bond motifs is 1. The van der Waals surface area contributed by atoms with Crippen molar-refractivity contribution in [2.45, 2.75) is 19.9 Å². The summed E-state index contributed by atoms with van der Waals surface area (Å²) in [6.07, 6.45) is 0.877. The number of rotatable bonds is 3. The number of guanidine groups is 1. The van der Waals surface area contributed by atoms with E-state index in [1.807, 2.05) is 43.3 Å². The molecule has 24 heavy (non-hydrogen) atoms. The molecule has 0 aliphatic carbocycles. The summed E-state index contributed by atoms with van der Waals surface area (Å²) < 4.78 is 11.3. The van der Waals surface area contributed by atoms with E-state index in [-0.39, 0.29) is 0 Å². The van der Waals surface area contributed by atoms with Crippen LogP contribution in [0.1, 0.15) is 17.5 Å². The van der Waals surface area contributed by atoms with Crippen LogP contribution < -0.4 is 20.5 Å². The highest BCUT2D eigenvalue weighted by atomic mass is 35.5. The van der Waals surface area contributed by atoms with Crippen LogP contribution >= 0.6 is 11.6 Å². The van der Waals surface area contributed by atoms with Crippen LogP contribution in [0, 0.1) is 6.92 Å². The van der Waals surface area contributed by atoms with Crippen LogP contribution in [-0.2, 0) is 6.54 Å². The fraction of sp³-hybridized carbons (Fsp3) is 0.278. The van der Waals surface area contributed by atoms with E-state index >= 15 is 0 Å². The number of halogens is 1. The number of ether oxygens (including phenoxy) is 2. The molecule has 2 aromatic carbocycles. The van der Waals surface area contributed by atoms with Gasteiger partial charge >= 0.3 is 0 Å². The van der Waals surface area contributed by atoms with E-state index in [9.17, 15) is 0 Å². The zero-order chi connectivity index (χ0) is 16.9. The third-order valence-electron chi connectivity index (χ3n) is 3.67. The standard InChI is InChI=1S/C18H20ClN3O2/c1-12-9-13(3-5-15(12)19)11-21-18(20)22-14-4-6-16-17(10-14)24-8-2-7-23-16/h3-6,9-10H,2,7-8,11H2,1H3,(H3,20,21,22). The summed E-state index contributed by atoms with van der Waals surface area (Å²) in [4.78, 5) is 4.36. The number of nitrogens with zero attached hydrogens (tertiary/aromatic N) is 1. The molecule has 0 saturated carbocycles. The molecule has 0 spiro atoms. The summed E-state index contributed by atoms with van der Waals surface area (Å²) in [5, 5.41) is 3.83. The van der Waals surface area contributed by atoms with Gasteiger partial charge in [0.05, 0.1) is 19.8 Å². The van der Waals surface area contributed by atoms with Crippen LogP contribution in [0.4, 0.5) is 5.69 Å². The van der Waals surface area contributed by atoms with Crippen molar-refractivity contribution in [2.75, 3.05) is 18.5 Å². The molecule has 126 valence electrons. The first-order chi connectivity index (χ1) is 11.6. The molecule has 0 radical (unpaired) electrons. The number of hydrogen-bond acceptors (Lipinski definition) is 3. The van der Waals surface area contributed by atoms with Gasteiger partial charge in [-0.2, -0.15) is 0 Å². The van der Waals surface area contributed by atoms with Crippen LogP contribution in [-0.4, -0.2) is 19.2 Å². The summed E-state index contributed by atoms with van der Waals surface area (Å²) in [6.45, 7) is 3.77. The monoisotopic (exact) mass is 345 g/mol. The van der Waals surface area contributed by atoms with Crippen molar-refractivity contribution >= 4 is 23.2 Å². The average Bonchev–Trinajstić information content (AvgIpc) is 2.81. The summed E-state index contributed by atoms with van der Waals surface area (Å²) in [5.74, 6) is 1.82. The third-order valence-corrected chi connectivity index (χ3v) is 4.10. The zero-order valence-corrected chi connectivity index (χ0v) is 14.3. The van der Waals surface area contributed by atoms with E-state index in [0.717, 1.165) is 39.8 Å². The van der Waals surface area contributed by atoms with Crippen LogP contribution in [0.25, 0.3) is 0 Å². The highest BCUT2D eigenvalue weighted by molar-refractivity contribution is 6.31. The van der Waals surface area contributed by atoms with Gasteiger partial charge in [-0.3, -0.25) is 0 Å². The lowest BCUT2D eigenvalue weighted by Crippen LogP contribution is -2.22. The van der Waals surface area contributed by atoms with E-state index in [4.69, 9.17) is 26.8 Å². The lowest BCUT2D eigenvalue weighted by atomic mass is 10.1. The number of benzene rings is 2. The Morgan fingerprint density at radius 1 is 1.17 bits per heavy atom. The van der Waals surface area contributed by atoms with E-state index < -0.39 is 0 Å². The first-order valence-electron chi connectivity index (χ1n) is 7.83. The number of anilines is 1. The minimum absolute atomic E-state index is 0.345. The Bertz CT molecular complexity index is 762. The van der Waals surface area contributed by atoms with Gasteiger partial charge in [0.25, 0.3) is 0 Å². The van der Waals surface area contributed by atoms with Crippen LogP contribution in [0.2, 0.25) is 5.02 Å². The smallest absolute Gasteiger partial charge is 0.193 e. The second-order valence-electron chi connectivity index (χ2n) is 5.62. The number of aliphatic imine (C=N–C) groups is 1. The van der Waals surface area contributed by atoms with Gasteiger partial charge in [0.15, 0.2) is 17.5 Å². The van der Waals surface area contributed by atoms with Gasteiger partial charge in [-0.15, -0.1) is 0 Å². The SMILES string of the molecule is Cc1cc(CN=C(N)Nc2ccc3c(c2)OCCCO3)ccc1Cl. The van der Waals surface area contributed by atoms with E-state index in [1.165, 1.54) is 0 Å². The van der Waals surface area contributed by atoms with Crippen LogP contribution in [0.15, 0.2) is 41.4 Å². The van der Waals surface area contributed by atoms with Gasteiger partial charge in [0, 0.05) is 23.2 Å². The number of nitrogens with one attached hydrogen (secondary N) is 1. The molecule has 0 fully saturated rings. The Labute approximate surface area is 146 Å². The van der Waals surface area contributed by atoms with Gasteiger partial charge in [-0.05, 0) is 36.2 Å². The molecule has 0 amide bonds. The fourth-order valence-corrected chi connectivity index (χ4v) is 2.53. The van der Waals surface area contributed by atoms with Crippen molar-refractivity contribution < 1.29 is 9.47 Å². The van der Waals surface area contributed by atoms with Crippen molar-refractivity contribution in [1.82, 2.24) is 0 Å². The van der Waals surface area contributed by atoms with Gasteiger partial charge < -0.3 is 20.5 Å². The lowest BCUT2D eigenvalue weighted by molar-refractivity contribution is 0.297. The highest BCUT2D eigenvalue weighted by Crippen LogP contribution is 2.32. The minimum Gasteiger partial charge on any atom is -0.490 e. The first kappa shape index (κ1) is 16.5. The average molecular weight is 346 g/mol. The second-order valence-corrected chi connectivity index (χ2v) is 6.03. The normalized spacial score (nSPS) is 14.2. The van der Waals surface area contributed by atoms with Gasteiger partial charge in [0.1, 0.15) is 0 Å². The molecule has 0 unspecified atom stereocenters. The van der Waals surface area contributed by atoms with Gasteiger partial charge in [-0.1, -0.05) is 23.7 Å². The van der Waals surface area contributed by atoms with Crippen molar-refractivity contribution in [1.29, 1.82) is 0 Å². The Kier molecular flexibility index (Phi) is 5.11. The van der Waals surface area contributed by atoms with E-state index in [0.29, 0.717) is 25.7 Å². The van der Waals surface area contributed by atoms with Crippen LogP contribution in [0.5, 0.6) is 11.5 Å². The number of nitrogens with two attached hydrogens (primary N) is 1. The molecule has 0 bridgehead atoms. The summed E-state index contributed by atoms with van der Waals surface area (Å²) in [7, 11) is 0. The second kappa shape index (κ2) is 7.45. The quantitative estimate of drug-likeness (QED) is 0.657. The van der Waals surface area contributed by atoms with Crippen molar-refractivity contribution in [3.63, 3.8) is 0 Å². The topological polar surface area (TPSA) is 68.9 Å². The molecule has 1 aliphatic heterocycles.